The summed E-state index contributed by atoms with van der Waals surface area (Å²) < 4.78 is 27.1. The maximum Gasteiger partial charge on any atom is 0.328 e. The Labute approximate surface area is 175 Å². The van der Waals surface area contributed by atoms with Crippen LogP contribution in [0.25, 0.3) is 0 Å². The van der Waals surface area contributed by atoms with Crippen molar-refractivity contribution >= 4 is 23.8 Å². The number of nitrogens with one attached hydrogen (secondary N) is 1. The normalized spacial score (nSPS) is 28.1. The molecule has 0 spiro atoms. The number of carbonyl (C=O) groups excluding carboxylic acids is 4. The van der Waals surface area contributed by atoms with E-state index in [1.54, 1.807) is 27.7 Å². The average molecular weight is 427 g/mol. The number of ether oxygens (including phenoxy) is 5. The van der Waals surface area contributed by atoms with Gasteiger partial charge in [0.25, 0.3) is 0 Å². The van der Waals surface area contributed by atoms with E-state index in [9.17, 15) is 19.2 Å². The van der Waals surface area contributed by atoms with E-state index in [0.717, 1.165) is 0 Å². The van der Waals surface area contributed by atoms with E-state index < -0.39 is 60.1 Å². The van der Waals surface area contributed by atoms with Crippen molar-refractivity contribution in [3.05, 3.63) is 11.6 Å². The van der Waals surface area contributed by atoms with Crippen molar-refractivity contribution in [3.63, 3.8) is 0 Å². The Hall–Kier alpha value is -2.46. The van der Waals surface area contributed by atoms with E-state index in [-0.39, 0.29) is 11.5 Å². The molecule has 10 heteroatoms. The Morgan fingerprint density at radius 2 is 1.67 bits per heavy atom. The number of fused-ring (bicyclic) bond motifs is 1. The van der Waals surface area contributed by atoms with Crippen molar-refractivity contribution in [2.75, 3.05) is 7.11 Å². The maximum atomic E-state index is 13.1. The summed E-state index contributed by atoms with van der Waals surface area (Å²) in [5.74, 6) is -3.75. The van der Waals surface area contributed by atoms with Crippen LogP contribution in [-0.4, -0.2) is 67.2 Å². The summed E-state index contributed by atoms with van der Waals surface area (Å²) in [7, 11) is 1.23. The predicted molar refractivity (Wildman–Crippen MR) is 102 cm³/mol. The van der Waals surface area contributed by atoms with Gasteiger partial charge in [-0.1, -0.05) is 13.8 Å². The highest BCUT2D eigenvalue weighted by Gasteiger charge is 2.55. The van der Waals surface area contributed by atoms with Gasteiger partial charge >= 0.3 is 17.9 Å². The molecule has 2 rings (SSSR count). The Balaban J connectivity index is 2.43. The lowest BCUT2D eigenvalue weighted by molar-refractivity contribution is -0.184. The van der Waals surface area contributed by atoms with Crippen LogP contribution in [0.15, 0.2) is 11.6 Å². The standard InChI is InChI=1S/C20H29NO9/c1-9(2)14(19(25)26-7)21-18(24)12-8-13(27-10(3)22)16(28-11(4)23)17-15(12)29-20(5,6)30-17/h8-9,13-17H,1-7H3,(H,21,24)/t13-,14+,15-,16-,17-/m1/s1. The Morgan fingerprint density at radius 3 is 2.17 bits per heavy atom. The van der Waals surface area contributed by atoms with Gasteiger partial charge in [-0.2, -0.15) is 0 Å². The van der Waals surface area contributed by atoms with E-state index in [2.05, 4.69) is 5.32 Å². The molecule has 0 aromatic rings. The number of methoxy groups -OCH3 is 1. The fourth-order valence-electron chi connectivity index (χ4n) is 3.50. The van der Waals surface area contributed by atoms with E-state index >= 15 is 0 Å². The molecule has 168 valence electrons. The minimum absolute atomic E-state index is 0.106. The van der Waals surface area contributed by atoms with E-state index in [1.165, 1.54) is 27.0 Å². The number of hydrogen-bond acceptors (Lipinski definition) is 9. The number of carbonyl (C=O) groups is 4. The second-order valence-corrected chi connectivity index (χ2v) is 8.01. The fraction of sp³-hybridized carbons (Fsp3) is 0.700. The molecule has 0 saturated carbocycles. The molecule has 1 fully saturated rings. The maximum absolute atomic E-state index is 13.1. The molecule has 0 bridgehead atoms. The molecule has 0 radical (unpaired) electrons. The van der Waals surface area contributed by atoms with Crippen molar-refractivity contribution in [2.24, 2.45) is 5.92 Å². The summed E-state index contributed by atoms with van der Waals surface area (Å²) in [6.45, 7) is 9.24. The molecule has 1 amide bonds. The van der Waals surface area contributed by atoms with Crippen LogP contribution < -0.4 is 5.32 Å². The predicted octanol–water partition coefficient (Wildman–Crippen LogP) is 0.624. The van der Waals surface area contributed by atoms with Crippen LogP contribution in [0.5, 0.6) is 0 Å². The van der Waals surface area contributed by atoms with Gasteiger partial charge in [-0.05, 0) is 25.8 Å². The van der Waals surface area contributed by atoms with E-state index in [0.29, 0.717) is 0 Å². The van der Waals surface area contributed by atoms with Crippen LogP contribution >= 0.6 is 0 Å². The summed E-state index contributed by atoms with van der Waals surface area (Å²) in [5, 5.41) is 2.64. The SMILES string of the molecule is COC(=O)[C@@H](NC(=O)C1=C[C@@H](OC(C)=O)[C@@H](OC(C)=O)[C@@H]2OC(C)(C)O[C@H]12)C(C)C. The van der Waals surface area contributed by atoms with Crippen LogP contribution in [0.1, 0.15) is 41.5 Å². The molecule has 1 saturated heterocycles. The van der Waals surface area contributed by atoms with Crippen molar-refractivity contribution in [1.82, 2.24) is 5.32 Å². The zero-order valence-corrected chi connectivity index (χ0v) is 18.2. The minimum atomic E-state index is -1.09. The van der Waals surface area contributed by atoms with Crippen molar-refractivity contribution in [2.45, 2.75) is 77.8 Å². The molecule has 1 aliphatic heterocycles. The van der Waals surface area contributed by atoms with Crippen LogP contribution in [0.4, 0.5) is 0 Å². The third kappa shape index (κ3) is 5.37. The average Bonchev–Trinajstić information content (AvgIpc) is 2.94. The van der Waals surface area contributed by atoms with Gasteiger partial charge in [0.05, 0.1) is 7.11 Å². The first-order chi connectivity index (χ1) is 13.9. The highest BCUT2D eigenvalue weighted by atomic mass is 16.8. The molecule has 2 aliphatic rings. The Bertz CT molecular complexity index is 743. The summed E-state index contributed by atoms with van der Waals surface area (Å²) in [6, 6.07) is -0.893. The number of esters is 3. The van der Waals surface area contributed by atoms with Gasteiger partial charge in [0.15, 0.2) is 18.0 Å². The zero-order chi connectivity index (χ0) is 22.8. The highest BCUT2D eigenvalue weighted by molar-refractivity contribution is 5.97. The molecule has 0 unspecified atom stereocenters. The molecule has 1 N–H and O–H groups in total. The van der Waals surface area contributed by atoms with Gasteiger partial charge in [0.2, 0.25) is 5.91 Å². The van der Waals surface area contributed by atoms with E-state index in [1.807, 2.05) is 0 Å². The van der Waals surface area contributed by atoms with Gasteiger partial charge in [0.1, 0.15) is 18.2 Å². The van der Waals surface area contributed by atoms with E-state index in [4.69, 9.17) is 23.7 Å². The molecule has 0 aromatic heterocycles. The zero-order valence-electron chi connectivity index (χ0n) is 18.2. The van der Waals surface area contributed by atoms with Gasteiger partial charge in [-0.15, -0.1) is 0 Å². The van der Waals surface area contributed by atoms with Crippen LogP contribution in [0, 0.1) is 5.92 Å². The van der Waals surface area contributed by atoms with Gasteiger partial charge < -0.3 is 29.0 Å². The van der Waals surface area contributed by atoms with Gasteiger partial charge in [-0.25, -0.2) is 4.79 Å². The monoisotopic (exact) mass is 427 g/mol. The highest BCUT2D eigenvalue weighted by Crippen LogP contribution is 2.39. The summed E-state index contributed by atoms with van der Waals surface area (Å²) >= 11 is 0. The first-order valence-corrected chi connectivity index (χ1v) is 9.66. The molecule has 30 heavy (non-hydrogen) atoms. The Kier molecular flexibility index (Phi) is 7.25. The van der Waals surface area contributed by atoms with Crippen molar-refractivity contribution < 1.29 is 42.9 Å². The van der Waals surface area contributed by atoms with Crippen molar-refractivity contribution in [1.29, 1.82) is 0 Å². The van der Waals surface area contributed by atoms with Crippen LogP contribution in [0.2, 0.25) is 0 Å². The molecular formula is C20H29NO9. The molecule has 0 aromatic carbocycles. The Morgan fingerprint density at radius 1 is 1.07 bits per heavy atom. The first kappa shape index (κ1) is 23.8. The van der Waals surface area contributed by atoms with Crippen LogP contribution in [0.3, 0.4) is 0 Å². The minimum Gasteiger partial charge on any atom is -0.467 e. The molecule has 1 aliphatic carbocycles. The molecular weight excluding hydrogens is 398 g/mol. The number of amides is 1. The van der Waals surface area contributed by atoms with Crippen molar-refractivity contribution in [3.8, 4) is 0 Å². The largest absolute Gasteiger partial charge is 0.467 e. The summed E-state index contributed by atoms with van der Waals surface area (Å²) in [5.41, 5.74) is 0.106. The van der Waals surface area contributed by atoms with Gasteiger partial charge in [-0.3, -0.25) is 14.4 Å². The lowest BCUT2D eigenvalue weighted by atomic mass is 9.88. The second kappa shape index (κ2) is 9.13. The molecule has 10 nitrogen and oxygen atoms in total. The number of hydrogen-bond donors (Lipinski definition) is 1. The fourth-order valence-corrected chi connectivity index (χ4v) is 3.50. The molecule has 5 atom stereocenters. The molecule has 1 heterocycles. The topological polar surface area (TPSA) is 126 Å². The van der Waals surface area contributed by atoms with Gasteiger partial charge in [0, 0.05) is 19.4 Å². The quantitative estimate of drug-likeness (QED) is 0.479. The summed E-state index contributed by atoms with van der Waals surface area (Å²) in [6.07, 6.45) is -2.50. The lowest BCUT2D eigenvalue weighted by Crippen LogP contribution is -2.54. The second-order valence-electron chi connectivity index (χ2n) is 8.01. The first-order valence-electron chi connectivity index (χ1n) is 9.66. The summed E-state index contributed by atoms with van der Waals surface area (Å²) in [4.78, 5) is 48.4. The smallest absolute Gasteiger partial charge is 0.328 e. The third-order valence-electron chi connectivity index (χ3n) is 4.70. The lowest BCUT2D eigenvalue weighted by Gasteiger charge is -2.35. The number of rotatable bonds is 6. The third-order valence-corrected chi connectivity index (χ3v) is 4.70. The van der Waals surface area contributed by atoms with Crippen LogP contribution in [-0.2, 0) is 42.9 Å².